The minimum Gasteiger partial charge on any atom is -0.0654 e. The van der Waals surface area contributed by atoms with Gasteiger partial charge in [-0.1, -0.05) is 205 Å². The molecule has 0 nitrogen and oxygen atoms in total. The van der Waals surface area contributed by atoms with Gasteiger partial charge in [-0.3, -0.25) is 0 Å². The lowest BCUT2D eigenvalue weighted by atomic mass is 9.65. The van der Waals surface area contributed by atoms with Crippen molar-refractivity contribution >= 4 is 24.4 Å². The van der Waals surface area contributed by atoms with E-state index in [1.54, 1.807) is 5.19 Å². The molecule has 0 N–H and O–H groups in total. The summed E-state index contributed by atoms with van der Waals surface area (Å²) in [6.07, 6.45) is 2.34. The normalized spacial score (nSPS) is 22.6. The van der Waals surface area contributed by atoms with Gasteiger partial charge in [-0.25, -0.2) is 0 Å². The summed E-state index contributed by atoms with van der Waals surface area (Å²) in [6, 6.07) is 62.0. The van der Waals surface area contributed by atoms with Crippen molar-refractivity contribution in [2.24, 2.45) is 0 Å². The zero-order chi connectivity index (χ0) is 32.9. The third kappa shape index (κ3) is 3.89. The van der Waals surface area contributed by atoms with Crippen LogP contribution in [0.2, 0.25) is 6.04 Å². The number of hydrogen-bond donors (Lipinski definition) is 0. The highest BCUT2D eigenvalue weighted by Crippen LogP contribution is 2.76. The van der Waals surface area contributed by atoms with Gasteiger partial charge >= 0.3 is 0 Å². The number of aryl methyl sites for hydroxylation is 3. The maximum Gasteiger partial charge on any atom is 0.129 e. The van der Waals surface area contributed by atoms with Crippen LogP contribution in [0.5, 0.6) is 0 Å². The molecule has 6 aromatic carbocycles. The summed E-state index contributed by atoms with van der Waals surface area (Å²) in [4.78, 5) is 0. The van der Waals surface area contributed by atoms with Crippen LogP contribution in [0.4, 0.5) is 0 Å². The maximum absolute atomic E-state index is 2.89. The van der Waals surface area contributed by atoms with Crippen molar-refractivity contribution < 1.29 is 0 Å². The van der Waals surface area contributed by atoms with E-state index < -0.39 is 8.07 Å². The standard InChI is InChI=1S/C47H44Si/c1-5-6-31-48(45-35(3)32-34(2)33-36(45)4)46(39-25-15-9-16-26-39)41-29-19-20-30-42(41)47(48,40-27-17-10-18-28-40)44(38-23-13-8-14-24-38)43(46)37-21-11-7-12-22-37/h7-30,32-33H,5-6,31H2,1-4H3/t46-,47+,48?. The lowest BCUT2D eigenvalue weighted by molar-refractivity contribution is 0.815. The number of rotatable bonds is 8. The Bertz CT molecular complexity index is 1990. The van der Waals surface area contributed by atoms with Gasteiger partial charge in [0.1, 0.15) is 8.07 Å². The van der Waals surface area contributed by atoms with Crippen molar-refractivity contribution in [2.45, 2.75) is 56.7 Å². The van der Waals surface area contributed by atoms with Crippen LogP contribution in [0.1, 0.15) is 69.8 Å². The SMILES string of the molecule is CCCC[Si]1(c2c(C)cc(C)cc2C)[C@]2(c3ccccc3)C(c3ccccc3)=C(c3ccccc3)[C@@]1(c1ccccc1)c1ccccc12. The van der Waals surface area contributed by atoms with Crippen LogP contribution >= 0.6 is 0 Å². The Labute approximate surface area is 287 Å². The summed E-state index contributed by atoms with van der Waals surface area (Å²) < 4.78 is 0. The Morgan fingerprint density at radius 3 is 1.25 bits per heavy atom. The summed E-state index contributed by atoms with van der Waals surface area (Å²) in [7, 11) is -2.89. The van der Waals surface area contributed by atoms with Crippen LogP contribution in [0.15, 0.2) is 158 Å². The van der Waals surface area contributed by atoms with Crippen molar-refractivity contribution in [3.63, 3.8) is 0 Å². The molecular weight excluding hydrogens is 593 g/mol. The number of unbranched alkanes of at least 4 members (excludes halogenated alkanes) is 1. The summed E-state index contributed by atoms with van der Waals surface area (Å²) in [5.41, 5.74) is 15.8. The predicted molar refractivity (Wildman–Crippen MR) is 206 cm³/mol. The molecule has 0 aliphatic carbocycles. The quantitative estimate of drug-likeness (QED) is 0.146. The van der Waals surface area contributed by atoms with E-state index in [0.717, 1.165) is 6.42 Å². The zero-order valence-electron chi connectivity index (χ0n) is 28.6. The molecule has 0 aromatic heterocycles. The summed E-state index contributed by atoms with van der Waals surface area (Å²) >= 11 is 0. The molecule has 1 unspecified atom stereocenters. The van der Waals surface area contributed by atoms with E-state index in [2.05, 4.69) is 185 Å². The molecule has 0 saturated heterocycles. The van der Waals surface area contributed by atoms with E-state index in [-0.39, 0.29) is 10.1 Å². The fourth-order valence-electron chi connectivity index (χ4n) is 10.5. The molecule has 0 saturated carbocycles. The van der Waals surface area contributed by atoms with Crippen molar-refractivity contribution in [2.75, 3.05) is 0 Å². The Morgan fingerprint density at radius 1 is 0.479 bits per heavy atom. The monoisotopic (exact) mass is 636 g/mol. The van der Waals surface area contributed by atoms with Gasteiger partial charge < -0.3 is 0 Å². The van der Waals surface area contributed by atoms with Crippen molar-refractivity contribution in [1.82, 2.24) is 0 Å². The minimum atomic E-state index is -2.89. The largest absolute Gasteiger partial charge is 0.129 e. The number of benzene rings is 6. The Morgan fingerprint density at radius 2 is 0.854 bits per heavy atom. The third-order valence-corrected chi connectivity index (χ3v) is 18.5. The molecule has 1 heteroatoms. The van der Waals surface area contributed by atoms with Crippen molar-refractivity contribution in [1.29, 1.82) is 0 Å². The topological polar surface area (TPSA) is 0 Å². The predicted octanol–water partition coefficient (Wildman–Crippen LogP) is 11.1. The van der Waals surface area contributed by atoms with E-state index in [1.165, 1.54) is 73.7 Å². The van der Waals surface area contributed by atoms with E-state index in [1.807, 2.05) is 0 Å². The highest BCUT2D eigenvalue weighted by Gasteiger charge is 2.80. The second kappa shape index (κ2) is 11.8. The van der Waals surface area contributed by atoms with E-state index in [4.69, 9.17) is 0 Å². The lowest BCUT2D eigenvalue weighted by Gasteiger charge is -2.51. The molecule has 2 heterocycles. The number of fused-ring (bicyclic) bond motifs is 5. The van der Waals surface area contributed by atoms with Crippen molar-refractivity contribution in [3.8, 4) is 0 Å². The highest BCUT2D eigenvalue weighted by atomic mass is 28.3. The summed E-state index contributed by atoms with van der Waals surface area (Å²) in [6.45, 7) is 9.49. The second-order valence-electron chi connectivity index (χ2n) is 14.0. The summed E-state index contributed by atoms with van der Waals surface area (Å²) in [5.74, 6) is 0. The Kier molecular flexibility index (Phi) is 7.49. The molecule has 236 valence electrons. The van der Waals surface area contributed by atoms with Gasteiger partial charge in [0, 0.05) is 10.1 Å². The molecule has 0 amide bonds. The first-order valence-electron chi connectivity index (χ1n) is 17.7. The first-order valence-corrected chi connectivity index (χ1v) is 19.9. The highest BCUT2D eigenvalue weighted by molar-refractivity contribution is 7.03. The molecule has 6 aromatic rings. The first kappa shape index (κ1) is 30.6. The van der Waals surface area contributed by atoms with Crippen LogP contribution in [-0.4, -0.2) is 8.07 Å². The van der Waals surface area contributed by atoms with Gasteiger partial charge in [0.15, 0.2) is 0 Å². The fourth-order valence-corrected chi connectivity index (χ4v) is 19.3. The van der Waals surface area contributed by atoms with Gasteiger partial charge in [0.2, 0.25) is 0 Å². The molecule has 2 aliphatic heterocycles. The van der Waals surface area contributed by atoms with Crippen molar-refractivity contribution in [3.05, 3.63) is 208 Å². The second-order valence-corrected chi connectivity index (χ2v) is 18.4. The molecule has 0 spiro atoms. The number of allylic oxidation sites excluding steroid dienone is 2. The average Bonchev–Trinajstić information content (AvgIpc) is 3.50. The molecular formula is C47H44Si. The van der Waals surface area contributed by atoms with E-state index in [0.29, 0.717) is 0 Å². The van der Waals surface area contributed by atoms with Crippen LogP contribution in [0.25, 0.3) is 11.1 Å². The smallest absolute Gasteiger partial charge is 0.0654 e. The Hall–Kier alpha value is -4.72. The maximum atomic E-state index is 2.50. The first-order chi connectivity index (χ1) is 23.5. The molecule has 0 fully saturated rings. The van der Waals surface area contributed by atoms with Gasteiger partial charge in [0.05, 0.1) is 0 Å². The third-order valence-electron chi connectivity index (χ3n) is 11.6. The van der Waals surface area contributed by atoms with E-state index >= 15 is 0 Å². The van der Waals surface area contributed by atoms with Gasteiger partial charge in [-0.05, 0) is 65.3 Å². The molecule has 48 heavy (non-hydrogen) atoms. The summed E-state index contributed by atoms with van der Waals surface area (Å²) in [5, 5.41) is 0.963. The zero-order valence-corrected chi connectivity index (χ0v) is 29.6. The molecule has 2 bridgehead atoms. The average molecular weight is 637 g/mol. The van der Waals surface area contributed by atoms with Crippen LogP contribution in [-0.2, 0) is 10.1 Å². The Balaban J connectivity index is 1.74. The van der Waals surface area contributed by atoms with Gasteiger partial charge in [0.25, 0.3) is 0 Å². The van der Waals surface area contributed by atoms with Crippen LogP contribution < -0.4 is 5.19 Å². The molecule has 8 rings (SSSR count). The van der Waals surface area contributed by atoms with Crippen LogP contribution in [0.3, 0.4) is 0 Å². The van der Waals surface area contributed by atoms with Gasteiger partial charge in [-0.15, -0.1) is 0 Å². The minimum absolute atomic E-state index is 0.340. The lowest BCUT2D eigenvalue weighted by Crippen LogP contribution is -2.70. The van der Waals surface area contributed by atoms with E-state index in [9.17, 15) is 0 Å². The molecule has 3 atom stereocenters. The molecule has 0 radical (unpaired) electrons. The van der Waals surface area contributed by atoms with Crippen LogP contribution in [0, 0.1) is 20.8 Å². The number of hydrogen-bond acceptors (Lipinski definition) is 0. The molecule has 2 aliphatic rings. The fraction of sp³-hybridized carbons (Fsp3) is 0.191. The van der Waals surface area contributed by atoms with Gasteiger partial charge in [-0.2, -0.15) is 0 Å².